The van der Waals surface area contributed by atoms with Crippen LogP contribution in [0.5, 0.6) is 0 Å². The summed E-state index contributed by atoms with van der Waals surface area (Å²) in [4.78, 5) is 0. The SMILES string of the molecule is CCC[CH2][Sn]([CH2]CCC)([CH2]CCC)[CH2]/C(=C\OC)C(C)(C)C. The number of hydrogen-bond acceptors (Lipinski definition) is 1. The summed E-state index contributed by atoms with van der Waals surface area (Å²) in [5.74, 6) is 0. The van der Waals surface area contributed by atoms with Gasteiger partial charge in [0.05, 0.1) is 0 Å². The number of hydrogen-bond donors (Lipinski definition) is 0. The fourth-order valence-corrected chi connectivity index (χ4v) is 20.5. The van der Waals surface area contributed by atoms with Crippen LogP contribution in [-0.2, 0) is 4.74 Å². The molecule has 0 saturated heterocycles. The van der Waals surface area contributed by atoms with Gasteiger partial charge in [-0.1, -0.05) is 0 Å². The van der Waals surface area contributed by atoms with Gasteiger partial charge in [0.15, 0.2) is 0 Å². The second-order valence-corrected chi connectivity index (χ2v) is 22.0. The molecule has 132 valence electrons. The molecule has 0 unspecified atom stereocenters. The van der Waals surface area contributed by atoms with E-state index >= 15 is 0 Å². The Hall–Kier alpha value is 0.339. The minimum absolute atomic E-state index is 0.253. The monoisotopic (exact) mass is 418 g/mol. The maximum absolute atomic E-state index is 5.46. The molecule has 0 radical (unpaired) electrons. The topological polar surface area (TPSA) is 9.23 Å². The van der Waals surface area contributed by atoms with Crippen molar-refractivity contribution < 1.29 is 4.74 Å². The van der Waals surface area contributed by atoms with Gasteiger partial charge < -0.3 is 0 Å². The van der Waals surface area contributed by atoms with E-state index < -0.39 is 18.4 Å². The first kappa shape index (κ1) is 22.3. The van der Waals surface area contributed by atoms with Gasteiger partial charge in [0.25, 0.3) is 0 Å². The van der Waals surface area contributed by atoms with E-state index in [9.17, 15) is 0 Å². The van der Waals surface area contributed by atoms with E-state index in [-0.39, 0.29) is 5.41 Å². The zero-order chi connectivity index (χ0) is 17.1. The number of unbranched alkanes of at least 4 members (excludes halogenated alkanes) is 3. The average molecular weight is 417 g/mol. The van der Waals surface area contributed by atoms with Gasteiger partial charge in [0.1, 0.15) is 0 Å². The summed E-state index contributed by atoms with van der Waals surface area (Å²) in [5, 5.41) is 0. The molecule has 0 aromatic carbocycles. The molecule has 0 N–H and O–H groups in total. The summed E-state index contributed by atoms with van der Waals surface area (Å²) in [7, 11) is 1.81. The van der Waals surface area contributed by atoms with E-state index in [0.29, 0.717) is 0 Å². The first-order valence-electron chi connectivity index (χ1n) is 9.57. The summed E-state index contributed by atoms with van der Waals surface area (Å²) >= 11 is -2.09. The third kappa shape index (κ3) is 8.84. The Labute approximate surface area is 145 Å². The van der Waals surface area contributed by atoms with Crippen LogP contribution in [0.25, 0.3) is 0 Å². The fourth-order valence-electron chi connectivity index (χ4n) is 3.33. The minimum atomic E-state index is -2.09. The van der Waals surface area contributed by atoms with Crippen LogP contribution in [-0.4, -0.2) is 25.5 Å². The van der Waals surface area contributed by atoms with E-state index in [1.54, 1.807) is 18.9 Å². The van der Waals surface area contributed by atoms with Gasteiger partial charge in [-0.05, 0) is 0 Å². The van der Waals surface area contributed by atoms with Crippen LogP contribution in [0.4, 0.5) is 0 Å². The summed E-state index contributed by atoms with van der Waals surface area (Å²) < 4.78 is 11.6. The van der Waals surface area contributed by atoms with Crippen molar-refractivity contribution in [2.75, 3.05) is 7.11 Å². The Morgan fingerprint density at radius 3 is 1.55 bits per heavy atom. The van der Waals surface area contributed by atoms with Gasteiger partial charge >= 0.3 is 145 Å². The van der Waals surface area contributed by atoms with Crippen LogP contribution in [0.1, 0.15) is 80.1 Å². The molecular weight excluding hydrogens is 375 g/mol. The zero-order valence-electron chi connectivity index (χ0n) is 16.6. The van der Waals surface area contributed by atoms with E-state index in [1.807, 2.05) is 7.11 Å². The Morgan fingerprint density at radius 1 is 0.864 bits per heavy atom. The van der Waals surface area contributed by atoms with Crippen LogP contribution in [0.3, 0.4) is 0 Å². The fraction of sp³-hybridized carbons (Fsp3) is 0.900. The molecule has 0 amide bonds. The first-order valence-corrected chi connectivity index (χ1v) is 17.6. The van der Waals surface area contributed by atoms with E-state index in [0.717, 1.165) is 0 Å². The number of allylic oxidation sites excluding steroid dienone is 1. The predicted octanol–water partition coefficient (Wildman–Crippen LogP) is 7.41. The molecule has 0 aliphatic heterocycles. The molecular formula is C20H42OSn. The normalized spacial score (nSPS) is 13.5. The predicted molar refractivity (Wildman–Crippen MR) is 104 cm³/mol. The molecule has 0 saturated carbocycles. The van der Waals surface area contributed by atoms with E-state index in [1.165, 1.54) is 43.0 Å². The molecule has 1 nitrogen and oxygen atoms in total. The summed E-state index contributed by atoms with van der Waals surface area (Å²) in [5.41, 5.74) is 1.83. The molecule has 0 aromatic rings. The second kappa shape index (κ2) is 11.8. The van der Waals surface area contributed by atoms with Crippen LogP contribution >= 0.6 is 0 Å². The third-order valence-corrected chi connectivity index (χ3v) is 20.3. The van der Waals surface area contributed by atoms with Crippen molar-refractivity contribution >= 4 is 18.4 Å². The van der Waals surface area contributed by atoms with Crippen molar-refractivity contribution in [3.05, 3.63) is 11.8 Å². The van der Waals surface area contributed by atoms with Crippen LogP contribution < -0.4 is 0 Å². The van der Waals surface area contributed by atoms with Crippen molar-refractivity contribution in [2.45, 2.75) is 97.8 Å². The quantitative estimate of drug-likeness (QED) is 0.237. The Kier molecular flexibility index (Phi) is 12.0. The molecule has 0 atom stereocenters. The van der Waals surface area contributed by atoms with Gasteiger partial charge in [-0.25, -0.2) is 0 Å². The summed E-state index contributed by atoms with van der Waals surface area (Å²) in [6.45, 7) is 14.1. The second-order valence-electron chi connectivity index (χ2n) is 8.12. The van der Waals surface area contributed by atoms with Gasteiger partial charge in [0, 0.05) is 0 Å². The van der Waals surface area contributed by atoms with Crippen molar-refractivity contribution in [3.63, 3.8) is 0 Å². The standard InChI is InChI=1S/C8H15O.3C4H9.Sn/c1-7(6-9-5)8(2,3)4;3*1-3-4-2;/h6H,1H2,2-5H3;3*1,3-4H2,2H3;/b7-6+;;;;. The number of ether oxygens (including phenoxy) is 1. The van der Waals surface area contributed by atoms with Gasteiger partial charge in [-0.2, -0.15) is 0 Å². The van der Waals surface area contributed by atoms with Crippen molar-refractivity contribution in [1.82, 2.24) is 0 Å². The Balaban J connectivity index is 5.32. The van der Waals surface area contributed by atoms with Crippen molar-refractivity contribution in [1.29, 1.82) is 0 Å². The van der Waals surface area contributed by atoms with Crippen LogP contribution in [0.15, 0.2) is 11.8 Å². The molecule has 0 aromatic heterocycles. The number of rotatable bonds is 12. The van der Waals surface area contributed by atoms with Crippen molar-refractivity contribution in [3.8, 4) is 0 Å². The molecule has 0 aliphatic rings. The molecule has 0 bridgehead atoms. The van der Waals surface area contributed by atoms with Gasteiger partial charge in [-0.15, -0.1) is 0 Å². The Morgan fingerprint density at radius 2 is 1.27 bits per heavy atom. The summed E-state index contributed by atoms with van der Waals surface area (Å²) in [6.07, 6.45) is 10.5. The Bertz CT molecular complexity index is 280. The zero-order valence-corrected chi connectivity index (χ0v) is 19.4. The molecule has 22 heavy (non-hydrogen) atoms. The molecule has 0 aliphatic carbocycles. The molecule has 2 heteroatoms. The third-order valence-electron chi connectivity index (χ3n) is 4.97. The number of methoxy groups -OCH3 is 1. The molecule has 0 rings (SSSR count). The van der Waals surface area contributed by atoms with E-state index in [4.69, 9.17) is 4.74 Å². The molecule has 0 heterocycles. The van der Waals surface area contributed by atoms with Crippen LogP contribution in [0, 0.1) is 5.41 Å². The molecule has 0 spiro atoms. The first-order chi connectivity index (χ1) is 10.3. The maximum atomic E-state index is 5.46. The van der Waals surface area contributed by atoms with E-state index in [2.05, 4.69) is 47.8 Å². The van der Waals surface area contributed by atoms with Crippen LogP contribution in [0.2, 0.25) is 17.7 Å². The van der Waals surface area contributed by atoms with Gasteiger partial charge in [-0.3, -0.25) is 0 Å². The average Bonchev–Trinajstić information content (AvgIpc) is 2.47. The summed E-state index contributed by atoms with van der Waals surface area (Å²) in [6, 6.07) is 0. The molecule has 0 fully saturated rings. The van der Waals surface area contributed by atoms with Gasteiger partial charge in [0.2, 0.25) is 0 Å². The van der Waals surface area contributed by atoms with Crippen molar-refractivity contribution in [2.24, 2.45) is 5.41 Å².